The summed E-state index contributed by atoms with van der Waals surface area (Å²) in [5, 5.41) is 2.97. The van der Waals surface area contributed by atoms with Gasteiger partial charge in [-0.2, -0.15) is 0 Å². The van der Waals surface area contributed by atoms with Crippen LogP contribution in [0.1, 0.15) is 50.3 Å². The number of sulfonamides is 1. The predicted octanol–water partition coefficient (Wildman–Crippen LogP) is 3.80. The van der Waals surface area contributed by atoms with Gasteiger partial charge in [0.25, 0.3) is 0 Å². The minimum absolute atomic E-state index is 0.0495. The van der Waals surface area contributed by atoms with Gasteiger partial charge in [-0.3, -0.25) is 13.9 Å². The molecule has 0 spiro atoms. The molecule has 2 aromatic carbocycles. The number of methoxy groups -OCH3 is 1. The minimum Gasteiger partial charge on any atom is -0.495 e. The van der Waals surface area contributed by atoms with Crippen LogP contribution >= 0.6 is 0 Å². The third kappa shape index (κ3) is 7.71. The van der Waals surface area contributed by atoms with E-state index in [9.17, 15) is 18.0 Å². The fourth-order valence-corrected chi connectivity index (χ4v) is 4.80. The van der Waals surface area contributed by atoms with Crippen molar-refractivity contribution in [1.29, 1.82) is 0 Å². The normalized spacial score (nSPS) is 13.0. The Morgan fingerprint density at radius 1 is 1.03 bits per heavy atom. The van der Waals surface area contributed by atoms with Crippen molar-refractivity contribution >= 4 is 27.5 Å². The molecule has 0 aromatic heterocycles. The highest BCUT2D eigenvalue weighted by atomic mass is 32.2. The molecule has 8 nitrogen and oxygen atoms in total. The number of nitrogens with one attached hydrogen (secondary N) is 1. The molecule has 0 aliphatic rings. The van der Waals surface area contributed by atoms with Crippen molar-refractivity contribution in [3.05, 3.63) is 59.2 Å². The molecule has 0 heterocycles. The number of benzene rings is 2. The average molecular weight is 518 g/mol. The van der Waals surface area contributed by atoms with Gasteiger partial charge in [0.15, 0.2) is 0 Å². The van der Waals surface area contributed by atoms with Crippen molar-refractivity contribution in [2.24, 2.45) is 0 Å². The van der Waals surface area contributed by atoms with E-state index in [1.807, 2.05) is 58.9 Å². The number of anilines is 1. The quantitative estimate of drug-likeness (QED) is 0.462. The second-order valence-electron chi connectivity index (χ2n) is 9.20. The average Bonchev–Trinajstić information content (AvgIpc) is 2.81. The number of aryl methyl sites for hydroxylation is 2. The molecule has 1 N–H and O–H groups in total. The SMILES string of the molecule is CC[C@@H](C)NC(=O)[C@@H](CC)N(Cc1cccc(C)c1)C(=O)CN(c1cc(C)ccc1OC)S(C)(=O)=O. The van der Waals surface area contributed by atoms with Gasteiger partial charge in [-0.05, 0) is 56.9 Å². The summed E-state index contributed by atoms with van der Waals surface area (Å²) < 4.78 is 32.1. The molecule has 36 heavy (non-hydrogen) atoms. The van der Waals surface area contributed by atoms with Crippen LogP contribution in [0.15, 0.2) is 42.5 Å². The van der Waals surface area contributed by atoms with Gasteiger partial charge in [0, 0.05) is 12.6 Å². The fraction of sp³-hybridized carbons (Fsp3) is 0.481. The summed E-state index contributed by atoms with van der Waals surface area (Å²) in [6, 6.07) is 12.0. The van der Waals surface area contributed by atoms with Gasteiger partial charge >= 0.3 is 0 Å². The zero-order valence-electron chi connectivity index (χ0n) is 22.4. The number of carbonyl (C=O) groups excluding carboxylic acids is 2. The van der Waals surface area contributed by atoms with Crippen molar-refractivity contribution in [1.82, 2.24) is 10.2 Å². The van der Waals surface area contributed by atoms with Crippen molar-refractivity contribution in [3.63, 3.8) is 0 Å². The van der Waals surface area contributed by atoms with Crippen molar-refractivity contribution in [3.8, 4) is 5.75 Å². The zero-order valence-corrected chi connectivity index (χ0v) is 23.2. The molecule has 0 saturated heterocycles. The van der Waals surface area contributed by atoms with Crippen LogP contribution in [0.25, 0.3) is 0 Å². The van der Waals surface area contributed by atoms with Crippen molar-refractivity contribution in [2.75, 3.05) is 24.2 Å². The van der Waals surface area contributed by atoms with E-state index in [0.717, 1.165) is 33.7 Å². The number of ether oxygens (including phenoxy) is 1. The molecule has 0 radical (unpaired) electrons. The third-order valence-corrected chi connectivity index (χ3v) is 7.23. The van der Waals surface area contributed by atoms with Gasteiger partial charge in [-0.15, -0.1) is 0 Å². The smallest absolute Gasteiger partial charge is 0.244 e. The lowest BCUT2D eigenvalue weighted by molar-refractivity contribution is -0.140. The topological polar surface area (TPSA) is 96.0 Å². The number of hydrogen-bond acceptors (Lipinski definition) is 5. The van der Waals surface area contributed by atoms with Gasteiger partial charge in [0.2, 0.25) is 21.8 Å². The summed E-state index contributed by atoms with van der Waals surface area (Å²) in [6.45, 7) is 9.23. The van der Waals surface area contributed by atoms with Gasteiger partial charge < -0.3 is 15.0 Å². The first-order valence-electron chi connectivity index (χ1n) is 12.2. The van der Waals surface area contributed by atoms with Gasteiger partial charge in [-0.1, -0.05) is 49.7 Å². The van der Waals surface area contributed by atoms with Crippen LogP contribution < -0.4 is 14.4 Å². The Labute approximate surface area is 215 Å². The molecular weight excluding hydrogens is 478 g/mol. The molecule has 0 aliphatic carbocycles. The van der Waals surface area contributed by atoms with Gasteiger partial charge in [0.1, 0.15) is 18.3 Å². The Balaban J connectivity index is 2.51. The van der Waals surface area contributed by atoms with E-state index in [0.29, 0.717) is 12.2 Å². The van der Waals surface area contributed by atoms with Crippen LogP contribution in [0, 0.1) is 13.8 Å². The van der Waals surface area contributed by atoms with E-state index >= 15 is 0 Å². The number of carbonyl (C=O) groups is 2. The zero-order chi connectivity index (χ0) is 27.0. The monoisotopic (exact) mass is 517 g/mol. The summed E-state index contributed by atoms with van der Waals surface area (Å²) in [7, 11) is -2.39. The summed E-state index contributed by atoms with van der Waals surface area (Å²) in [5.41, 5.74) is 2.99. The van der Waals surface area contributed by atoms with Crippen LogP contribution in [-0.4, -0.2) is 57.1 Å². The lowest BCUT2D eigenvalue weighted by Crippen LogP contribution is -2.53. The number of nitrogens with zero attached hydrogens (tertiary/aromatic N) is 2. The van der Waals surface area contributed by atoms with Crippen LogP contribution in [-0.2, 0) is 26.2 Å². The molecule has 2 rings (SSSR count). The molecular formula is C27H39N3O5S. The lowest BCUT2D eigenvalue weighted by Gasteiger charge is -2.33. The Kier molecular flexibility index (Phi) is 10.3. The maximum absolute atomic E-state index is 13.8. The maximum atomic E-state index is 13.8. The largest absolute Gasteiger partial charge is 0.495 e. The first-order valence-corrected chi connectivity index (χ1v) is 14.0. The summed E-state index contributed by atoms with van der Waals surface area (Å²) >= 11 is 0. The molecule has 0 saturated carbocycles. The van der Waals surface area contributed by atoms with E-state index in [4.69, 9.17) is 4.74 Å². The van der Waals surface area contributed by atoms with E-state index < -0.39 is 28.5 Å². The van der Waals surface area contributed by atoms with Crippen LogP contribution in [0.4, 0.5) is 5.69 Å². The molecule has 0 unspecified atom stereocenters. The molecule has 9 heteroatoms. The van der Waals surface area contributed by atoms with E-state index in [-0.39, 0.29) is 24.2 Å². The second kappa shape index (κ2) is 12.8. The van der Waals surface area contributed by atoms with Crippen LogP contribution in [0.2, 0.25) is 0 Å². The second-order valence-corrected chi connectivity index (χ2v) is 11.1. The Morgan fingerprint density at radius 3 is 2.25 bits per heavy atom. The summed E-state index contributed by atoms with van der Waals surface area (Å²) in [4.78, 5) is 28.5. The Morgan fingerprint density at radius 2 is 1.69 bits per heavy atom. The molecule has 2 atom stereocenters. The fourth-order valence-electron chi connectivity index (χ4n) is 3.96. The summed E-state index contributed by atoms with van der Waals surface area (Å²) in [5.74, 6) is -0.394. The lowest BCUT2D eigenvalue weighted by atomic mass is 10.1. The van der Waals surface area contributed by atoms with Crippen molar-refractivity contribution in [2.45, 2.75) is 66.1 Å². The number of amides is 2. The first kappa shape index (κ1) is 29.2. The van der Waals surface area contributed by atoms with Crippen molar-refractivity contribution < 1.29 is 22.7 Å². The molecule has 0 fully saturated rings. The predicted molar refractivity (Wildman–Crippen MR) is 144 cm³/mol. The number of hydrogen-bond donors (Lipinski definition) is 1. The highest BCUT2D eigenvalue weighted by Crippen LogP contribution is 2.31. The highest BCUT2D eigenvalue weighted by Gasteiger charge is 2.33. The van der Waals surface area contributed by atoms with Crippen LogP contribution in [0.5, 0.6) is 5.75 Å². The molecule has 0 aliphatic heterocycles. The first-order chi connectivity index (χ1) is 16.9. The Bertz CT molecular complexity index is 1170. The highest BCUT2D eigenvalue weighted by molar-refractivity contribution is 7.92. The maximum Gasteiger partial charge on any atom is 0.244 e. The van der Waals surface area contributed by atoms with E-state index in [1.54, 1.807) is 18.2 Å². The third-order valence-electron chi connectivity index (χ3n) is 6.10. The van der Waals surface area contributed by atoms with Crippen LogP contribution in [0.3, 0.4) is 0 Å². The number of rotatable bonds is 12. The summed E-state index contributed by atoms with van der Waals surface area (Å²) in [6.07, 6.45) is 2.19. The van der Waals surface area contributed by atoms with Gasteiger partial charge in [-0.25, -0.2) is 8.42 Å². The molecule has 0 bridgehead atoms. The van der Waals surface area contributed by atoms with E-state index in [1.165, 1.54) is 12.0 Å². The van der Waals surface area contributed by atoms with Gasteiger partial charge in [0.05, 0.1) is 19.1 Å². The standard InChI is InChI=1S/C27H39N3O5S/c1-8-21(5)28-27(32)23(9-2)29(17-22-12-10-11-19(3)15-22)26(31)18-30(36(7,33)34)24-16-20(4)13-14-25(24)35-6/h10-16,21,23H,8-9,17-18H2,1-7H3,(H,28,32)/t21-,23-/m1/s1. The molecule has 2 aromatic rings. The van der Waals surface area contributed by atoms with E-state index in [2.05, 4.69) is 5.32 Å². The minimum atomic E-state index is -3.85. The molecule has 2 amide bonds. The Hall–Kier alpha value is -3.07. The molecule has 198 valence electrons.